The Bertz CT molecular complexity index is 998. The molecule has 1 amide bonds. The summed E-state index contributed by atoms with van der Waals surface area (Å²) in [6, 6.07) is 7.52. The molecule has 0 unspecified atom stereocenters. The molecule has 0 radical (unpaired) electrons. The Labute approximate surface area is 139 Å². The molecule has 0 bridgehead atoms. The van der Waals surface area contributed by atoms with Gasteiger partial charge in [-0.1, -0.05) is 11.6 Å². The summed E-state index contributed by atoms with van der Waals surface area (Å²) in [4.78, 5) is 27.5. The van der Waals surface area contributed by atoms with Crippen molar-refractivity contribution < 1.29 is 4.79 Å². The van der Waals surface area contributed by atoms with Crippen LogP contribution >= 0.6 is 0 Å². The van der Waals surface area contributed by atoms with E-state index in [1.54, 1.807) is 18.5 Å². The van der Waals surface area contributed by atoms with Crippen LogP contribution < -0.4 is 10.7 Å². The molecule has 0 fully saturated rings. The molecule has 0 saturated carbocycles. The fraction of sp³-hybridized carbons (Fsp3) is 0.278. The molecule has 6 heteroatoms. The predicted octanol–water partition coefficient (Wildman–Crippen LogP) is 2.12. The molecule has 2 aromatic heterocycles. The molecule has 3 aromatic rings. The van der Waals surface area contributed by atoms with Crippen molar-refractivity contribution >= 4 is 16.8 Å². The summed E-state index contributed by atoms with van der Waals surface area (Å²) in [5.41, 5.74) is 4.10. The minimum absolute atomic E-state index is 0.150. The number of aryl methyl sites for hydroxylation is 4. The van der Waals surface area contributed by atoms with E-state index in [1.165, 1.54) is 6.07 Å². The zero-order chi connectivity index (χ0) is 17.4. The van der Waals surface area contributed by atoms with Crippen molar-refractivity contribution in [1.82, 2.24) is 20.1 Å². The Balaban J connectivity index is 1.88. The maximum atomic E-state index is 12.4. The number of benzene rings is 1. The number of rotatable bonds is 3. The van der Waals surface area contributed by atoms with Crippen LogP contribution in [0.3, 0.4) is 0 Å². The van der Waals surface area contributed by atoms with Crippen LogP contribution in [-0.4, -0.2) is 20.7 Å². The SMILES string of the molecule is Cc1ccc2c(c1)c(CNC(=O)c1c(C)[nH]c(C)cc1=O)nn2C. The van der Waals surface area contributed by atoms with Crippen molar-refractivity contribution in [1.29, 1.82) is 0 Å². The smallest absolute Gasteiger partial charge is 0.257 e. The van der Waals surface area contributed by atoms with Crippen LogP contribution in [0.2, 0.25) is 0 Å². The molecule has 0 aliphatic heterocycles. The number of hydrogen-bond donors (Lipinski definition) is 2. The monoisotopic (exact) mass is 324 g/mol. The summed E-state index contributed by atoms with van der Waals surface area (Å²) in [5.74, 6) is -0.389. The first-order valence-corrected chi connectivity index (χ1v) is 7.78. The molecule has 2 N–H and O–H groups in total. The van der Waals surface area contributed by atoms with E-state index in [1.807, 2.05) is 32.2 Å². The Morgan fingerprint density at radius 2 is 2.00 bits per heavy atom. The third kappa shape index (κ3) is 2.82. The average Bonchev–Trinajstić information content (AvgIpc) is 2.80. The van der Waals surface area contributed by atoms with Crippen LogP contribution in [-0.2, 0) is 13.6 Å². The average molecular weight is 324 g/mol. The Kier molecular flexibility index (Phi) is 3.97. The van der Waals surface area contributed by atoms with E-state index in [-0.39, 0.29) is 23.4 Å². The third-order valence-corrected chi connectivity index (χ3v) is 4.08. The lowest BCUT2D eigenvalue weighted by Gasteiger charge is -2.07. The molecule has 0 atom stereocenters. The van der Waals surface area contributed by atoms with Crippen LogP contribution in [0.15, 0.2) is 29.1 Å². The molecule has 0 saturated heterocycles. The molecular weight excluding hydrogens is 304 g/mol. The number of carbonyl (C=O) groups is 1. The van der Waals surface area contributed by atoms with E-state index in [2.05, 4.69) is 15.4 Å². The molecule has 0 spiro atoms. The molecule has 6 nitrogen and oxygen atoms in total. The van der Waals surface area contributed by atoms with E-state index >= 15 is 0 Å². The second-order valence-corrected chi connectivity index (χ2v) is 6.09. The second-order valence-electron chi connectivity index (χ2n) is 6.09. The maximum absolute atomic E-state index is 12.4. The molecule has 124 valence electrons. The summed E-state index contributed by atoms with van der Waals surface area (Å²) in [6.07, 6.45) is 0. The van der Waals surface area contributed by atoms with Gasteiger partial charge in [-0.15, -0.1) is 0 Å². The molecule has 3 rings (SSSR count). The maximum Gasteiger partial charge on any atom is 0.257 e. The van der Waals surface area contributed by atoms with E-state index in [0.29, 0.717) is 5.69 Å². The lowest BCUT2D eigenvalue weighted by Crippen LogP contribution is -2.30. The van der Waals surface area contributed by atoms with Crippen molar-refractivity contribution in [2.75, 3.05) is 0 Å². The summed E-state index contributed by atoms with van der Waals surface area (Å²) < 4.78 is 1.79. The van der Waals surface area contributed by atoms with Crippen LogP contribution in [0.5, 0.6) is 0 Å². The summed E-state index contributed by atoms with van der Waals surface area (Å²) >= 11 is 0. The summed E-state index contributed by atoms with van der Waals surface area (Å²) in [7, 11) is 1.87. The Morgan fingerprint density at radius 1 is 1.25 bits per heavy atom. The van der Waals surface area contributed by atoms with Crippen molar-refractivity contribution in [2.24, 2.45) is 7.05 Å². The number of hydrogen-bond acceptors (Lipinski definition) is 3. The second kappa shape index (κ2) is 5.96. The molecule has 0 aliphatic carbocycles. The van der Waals surface area contributed by atoms with E-state index in [9.17, 15) is 9.59 Å². The van der Waals surface area contributed by atoms with Gasteiger partial charge in [0.2, 0.25) is 0 Å². The van der Waals surface area contributed by atoms with Gasteiger partial charge in [0.25, 0.3) is 5.91 Å². The van der Waals surface area contributed by atoms with Gasteiger partial charge >= 0.3 is 0 Å². The lowest BCUT2D eigenvalue weighted by molar-refractivity contribution is 0.0948. The first kappa shape index (κ1) is 16.0. The van der Waals surface area contributed by atoms with Crippen molar-refractivity contribution in [3.63, 3.8) is 0 Å². The van der Waals surface area contributed by atoms with Gasteiger partial charge in [0.15, 0.2) is 5.43 Å². The zero-order valence-electron chi connectivity index (χ0n) is 14.2. The normalized spacial score (nSPS) is 11.0. The third-order valence-electron chi connectivity index (χ3n) is 4.08. The topological polar surface area (TPSA) is 79.8 Å². The lowest BCUT2D eigenvalue weighted by atomic mass is 10.1. The number of H-pyrrole nitrogens is 1. The van der Waals surface area contributed by atoms with E-state index < -0.39 is 0 Å². The number of fused-ring (bicyclic) bond motifs is 1. The van der Waals surface area contributed by atoms with Gasteiger partial charge in [-0.2, -0.15) is 5.10 Å². The van der Waals surface area contributed by atoms with Gasteiger partial charge in [0.05, 0.1) is 17.8 Å². The highest BCUT2D eigenvalue weighted by molar-refractivity contribution is 5.95. The molecule has 1 aromatic carbocycles. The number of aromatic amines is 1. The highest BCUT2D eigenvalue weighted by Gasteiger charge is 2.16. The first-order chi connectivity index (χ1) is 11.4. The van der Waals surface area contributed by atoms with Crippen LogP contribution in [0.25, 0.3) is 10.9 Å². The van der Waals surface area contributed by atoms with Crippen molar-refractivity contribution in [2.45, 2.75) is 27.3 Å². The number of nitrogens with one attached hydrogen (secondary N) is 2. The fourth-order valence-corrected chi connectivity index (χ4v) is 2.97. The molecule has 24 heavy (non-hydrogen) atoms. The minimum Gasteiger partial charge on any atom is -0.362 e. The molecule has 0 aliphatic rings. The zero-order valence-corrected chi connectivity index (χ0v) is 14.2. The van der Waals surface area contributed by atoms with Gasteiger partial charge < -0.3 is 10.3 Å². The first-order valence-electron chi connectivity index (χ1n) is 7.78. The van der Waals surface area contributed by atoms with Crippen LogP contribution in [0.4, 0.5) is 0 Å². The number of aromatic nitrogens is 3. The van der Waals surface area contributed by atoms with E-state index in [0.717, 1.165) is 27.9 Å². The molecule has 2 heterocycles. The van der Waals surface area contributed by atoms with Gasteiger partial charge in [0, 0.05) is 29.9 Å². The highest BCUT2D eigenvalue weighted by atomic mass is 16.2. The minimum atomic E-state index is -0.389. The standard InChI is InChI=1S/C18H20N4O2/c1-10-5-6-15-13(7-10)14(21-22(15)4)9-19-18(24)17-12(3)20-11(2)8-16(17)23/h5-8H,9H2,1-4H3,(H,19,24)(H,20,23). The van der Waals surface area contributed by atoms with Gasteiger partial charge in [-0.05, 0) is 32.9 Å². The number of nitrogens with zero attached hydrogens (tertiary/aromatic N) is 2. The Hall–Kier alpha value is -2.89. The largest absolute Gasteiger partial charge is 0.362 e. The number of pyridine rings is 1. The number of carbonyl (C=O) groups excluding carboxylic acids is 1. The van der Waals surface area contributed by atoms with Crippen LogP contribution in [0.1, 0.15) is 33.0 Å². The number of amides is 1. The van der Waals surface area contributed by atoms with Crippen molar-refractivity contribution in [3.05, 3.63) is 62.7 Å². The van der Waals surface area contributed by atoms with Crippen molar-refractivity contribution in [3.8, 4) is 0 Å². The Morgan fingerprint density at radius 3 is 2.71 bits per heavy atom. The van der Waals surface area contributed by atoms with Gasteiger partial charge in [-0.25, -0.2) is 0 Å². The van der Waals surface area contributed by atoms with Gasteiger partial charge in [0.1, 0.15) is 5.56 Å². The predicted molar refractivity (Wildman–Crippen MR) is 93.2 cm³/mol. The quantitative estimate of drug-likeness (QED) is 0.774. The van der Waals surface area contributed by atoms with Crippen LogP contribution in [0, 0.1) is 20.8 Å². The summed E-state index contributed by atoms with van der Waals surface area (Å²) in [5, 5.41) is 8.28. The fourth-order valence-electron chi connectivity index (χ4n) is 2.97. The summed E-state index contributed by atoms with van der Waals surface area (Å²) in [6.45, 7) is 5.80. The van der Waals surface area contributed by atoms with Gasteiger partial charge in [-0.3, -0.25) is 14.3 Å². The molecular formula is C18H20N4O2. The van der Waals surface area contributed by atoms with E-state index in [4.69, 9.17) is 0 Å². The highest BCUT2D eigenvalue weighted by Crippen LogP contribution is 2.19.